The third kappa shape index (κ3) is 4.31. The molecular formula is C13H22N4O. The van der Waals surface area contributed by atoms with Gasteiger partial charge in [-0.2, -0.15) is 0 Å². The predicted molar refractivity (Wildman–Crippen MR) is 72.8 cm³/mol. The van der Waals surface area contributed by atoms with Crippen LogP contribution in [-0.2, 0) is 0 Å². The van der Waals surface area contributed by atoms with Crippen LogP contribution in [0.15, 0.2) is 6.07 Å². The Labute approximate surface area is 108 Å². The zero-order valence-electron chi connectivity index (χ0n) is 11.6. The molecule has 0 radical (unpaired) electrons. The molecule has 0 aliphatic carbocycles. The third-order valence-corrected chi connectivity index (χ3v) is 2.61. The normalized spacial score (nSPS) is 12.0. The van der Waals surface area contributed by atoms with Crippen molar-refractivity contribution in [3.8, 4) is 0 Å². The first kappa shape index (κ1) is 14.4. The number of nitrogens with zero attached hydrogens (tertiary/aromatic N) is 2. The lowest BCUT2D eigenvalue weighted by Crippen LogP contribution is -2.26. The van der Waals surface area contributed by atoms with Gasteiger partial charge in [0.05, 0.1) is 0 Å². The number of carbonyl (C=O) groups excluding carboxylic acids is 1. The van der Waals surface area contributed by atoms with Gasteiger partial charge in [-0.25, -0.2) is 9.97 Å². The summed E-state index contributed by atoms with van der Waals surface area (Å²) in [5, 5.41) is 5.99. The number of anilines is 1. The molecule has 5 nitrogen and oxygen atoms in total. The van der Waals surface area contributed by atoms with Crippen LogP contribution in [-0.4, -0.2) is 28.5 Å². The van der Waals surface area contributed by atoms with Gasteiger partial charge in [0.1, 0.15) is 5.69 Å². The largest absolute Gasteiger partial charge is 0.352 e. The minimum absolute atomic E-state index is 0.144. The van der Waals surface area contributed by atoms with Crippen LogP contribution in [0.2, 0.25) is 0 Å². The standard InChI is InChI=1S/C13H22N4O/c1-5-7-14-12(18)11-8-10(4)16-13(17-11)15-9(3)6-2/h8-9H,5-7H2,1-4H3,(H,14,18)(H,15,16,17). The van der Waals surface area contributed by atoms with Gasteiger partial charge in [-0.1, -0.05) is 13.8 Å². The number of amides is 1. The minimum atomic E-state index is -0.144. The Morgan fingerprint density at radius 2 is 2.11 bits per heavy atom. The summed E-state index contributed by atoms with van der Waals surface area (Å²) in [5.74, 6) is 0.376. The molecule has 1 unspecified atom stereocenters. The summed E-state index contributed by atoms with van der Waals surface area (Å²) in [7, 11) is 0. The molecule has 1 rings (SSSR count). The molecule has 1 aromatic rings. The smallest absolute Gasteiger partial charge is 0.270 e. The second-order valence-electron chi connectivity index (χ2n) is 4.43. The van der Waals surface area contributed by atoms with Gasteiger partial charge in [-0.05, 0) is 32.8 Å². The summed E-state index contributed by atoms with van der Waals surface area (Å²) >= 11 is 0. The molecule has 1 amide bonds. The van der Waals surface area contributed by atoms with E-state index in [1.807, 2.05) is 13.8 Å². The Balaban J connectivity index is 2.83. The molecule has 1 aromatic heterocycles. The van der Waals surface area contributed by atoms with Gasteiger partial charge in [0, 0.05) is 18.3 Å². The van der Waals surface area contributed by atoms with Crippen molar-refractivity contribution in [1.29, 1.82) is 0 Å². The lowest BCUT2D eigenvalue weighted by atomic mass is 10.2. The second-order valence-corrected chi connectivity index (χ2v) is 4.43. The maximum absolute atomic E-state index is 11.8. The van der Waals surface area contributed by atoms with E-state index >= 15 is 0 Å². The molecule has 100 valence electrons. The van der Waals surface area contributed by atoms with Gasteiger partial charge >= 0.3 is 0 Å². The number of hydrogen-bond acceptors (Lipinski definition) is 4. The van der Waals surface area contributed by atoms with E-state index < -0.39 is 0 Å². The average molecular weight is 250 g/mol. The van der Waals surface area contributed by atoms with Gasteiger partial charge in [-0.15, -0.1) is 0 Å². The fourth-order valence-corrected chi connectivity index (χ4v) is 1.40. The molecule has 5 heteroatoms. The molecule has 18 heavy (non-hydrogen) atoms. The quantitative estimate of drug-likeness (QED) is 0.811. The molecular weight excluding hydrogens is 228 g/mol. The molecule has 2 N–H and O–H groups in total. The van der Waals surface area contributed by atoms with Crippen LogP contribution in [0.5, 0.6) is 0 Å². The highest BCUT2D eigenvalue weighted by Gasteiger charge is 2.10. The molecule has 1 atom stereocenters. The Hall–Kier alpha value is -1.65. The fourth-order valence-electron chi connectivity index (χ4n) is 1.40. The van der Waals surface area contributed by atoms with E-state index in [4.69, 9.17) is 0 Å². The second kappa shape index (κ2) is 6.93. The summed E-state index contributed by atoms with van der Waals surface area (Å²) in [6.45, 7) is 8.68. The Morgan fingerprint density at radius 3 is 2.72 bits per heavy atom. The topological polar surface area (TPSA) is 66.9 Å². The van der Waals surface area contributed by atoms with Crippen molar-refractivity contribution >= 4 is 11.9 Å². The lowest BCUT2D eigenvalue weighted by molar-refractivity contribution is 0.0948. The molecule has 0 saturated heterocycles. The monoisotopic (exact) mass is 250 g/mol. The van der Waals surface area contributed by atoms with Crippen LogP contribution < -0.4 is 10.6 Å². The van der Waals surface area contributed by atoms with Crippen LogP contribution in [0.4, 0.5) is 5.95 Å². The highest BCUT2D eigenvalue weighted by molar-refractivity contribution is 5.92. The van der Waals surface area contributed by atoms with Gasteiger partial charge < -0.3 is 10.6 Å². The van der Waals surface area contributed by atoms with Crippen molar-refractivity contribution in [3.63, 3.8) is 0 Å². The SMILES string of the molecule is CCCNC(=O)c1cc(C)nc(NC(C)CC)n1. The minimum Gasteiger partial charge on any atom is -0.352 e. The maximum atomic E-state index is 11.8. The van der Waals surface area contributed by atoms with Gasteiger partial charge in [0.2, 0.25) is 5.95 Å². The summed E-state index contributed by atoms with van der Waals surface area (Å²) in [6, 6.07) is 1.99. The van der Waals surface area contributed by atoms with Crippen LogP contribution in [0.3, 0.4) is 0 Å². The van der Waals surface area contributed by atoms with Crippen LogP contribution in [0, 0.1) is 6.92 Å². The Bertz CT molecular complexity index is 406. The van der Waals surface area contributed by atoms with E-state index in [1.165, 1.54) is 0 Å². The van der Waals surface area contributed by atoms with Gasteiger partial charge in [0.25, 0.3) is 5.91 Å². The first-order chi connectivity index (χ1) is 8.56. The molecule has 0 spiro atoms. The first-order valence-corrected chi connectivity index (χ1v) is 6.47. The summed E-state index contributed by atoms with van der Waals surface area (Å²) in [4.78, 5) is 20.4. The van der Waals surface area contributed by atoms with E-state index in [-0.39, 0.29) is 5.91 Å². The zero-order valence-corrected chi connectivity index (χ0v) is 11.6. The van der Waals surface area contributed by atoms with Crippen molar-refractivity contribution in [2.45, 2.75) is 46.6 Å². The van der Waals surface area contributed by atoms with Crippen molar-refractivity contribution < 1.29 is 4.79 Å². The van der Waals surface area contributed by atoms with Crippen LogP contribution >= 0.6 is 0 Å². The maximum Gasteiger partial charge on any atom is 0.270 e. The number of hydrogen-bond donors (Lipinski definition) is 2. The predicted octanol–water partition coefficient (Wildman–Crippen LogP) is 2.14. The Kier molecular flexibility index (Phi) is 5.55. The number of nitrogens with one attached hydrogen (secondary N) is 2. The van der Waals surface area contributed by atoms with Crippen molar-refractivity contribution in [3.05, 3.63) is 17.5 Å². The molecule has 0 bridgehead atoms. The zero-order chi connectivity index (χ0) is 13.5. The van der Waals surface area contributed by atoms with Gasteiger partial charge in [0.15, 0.2) is 0 Å². The third-order valence-electron chi connectivity index (χ3n) is 2.61. The summed E-state index contributed by atoms with van der Waals surface area (Å²) < 4.78 is 0. The highest BCUT2D eigenvalue weighted by Crippen LogP contribution is 2.07. The van der Waals surface area contributed by atoms with E-state index in [0.29, 0.717) is 24.2 Å². The van der Waals surface area contributed by atoms with Crippen molar-refractivity contribution in [2.24, 2.45) is 0 Å². The summed E-state index contributed by atoms with van der Waals surface area (Å²) in [6.07, 6.45) is 1.89. The number of aromatic nitrogens is 2. The van der Waals surface area contributed by atoms with Crippen LogP contribution in [0.25, 0.3) is 0 Å². The average Bonchev–Trinajstić information content (AvgIpc) is 2.34. The number of aryl methyl sites for hydroxylation is 1. The van der Waals surface area contributed by atoms with Crippen molar-refractivity contribution in [1.82, 2.24) is 15.3 Å². The van der Waals surface area contributed by atoms with E-state index in [0.717, 1.165) is 18.5 Å². The van der Waals surface area contributed by atoms with E-state index in [9.17, 15) is 4.79 Å². The molecule has 0 fully saturated rings. The lowest BCUT2D eigenvalue weighted by Gasteiger charge is -2.12. The molecule has 0 aliphatic rings. The number of rotatable bonds is 6. The first-order valence-electron chi connectivity index (χ1n) is 6.47. The van der Waals surface area contributed by atoms with E-state index in [2.05, 4.69) is 34.4 Å². The van der Waals surface area contributed by atoms with E-state index in [1.54, 1.807) is 6.07 Å². The summed E-state index contributed by atoms with van der Waals surface area (Å²) in [5.41, 5.74) is 1.21. The van der Waals surface area contributed by atoms with Gasteiger partial charge in [-0.3, -0.25) is 4.79 Å². The van der Waals surface area contributed by atoms with Crippen molar-refractivity contribution in [2.75, 3.05) is 11.9 Å². The fraction of sp³-hybridized carbons (Fsp3) is 0.615. The number of carbonyl (C=O) groups is 1. The molecule has 0 aliphatic heterocycles. The molecule has 1 heterocycles. The van der Waals surface area contributed by atoms with Crippen LogP contribution in [0.1, 0.15) is 49.8 Å². The molecule has 0 saturated carbocycles. The highest BCUT2D eigenvalue weighted by atomic mass is 16.1. The molecule has 0 aromatic carbocycles. The Morgan fingerprint density at radius 1 is 1.39 bits per heavy atom.